The van der Waals surface area contributed by atoms with Crippen molar-refractivity contribution in [3.05, 3.63) is 54.1 Å². The van der Waals surface area contributed by atoms with Crippen LogP contribution in [-0.4, -0.2) is 125 Å². The highest BCUT2D eigenvalue weighted by molar-refractivity contribution is 7.92. The molecule has 0 unspecified atom stereocenters. The van der Waals surface area contributed by atoms with Gasteiger partial charge in [0.05, 0.1) is 47.3 Å². The van der Waals surface area contributed by atoms with Gasteiger partial charge in [-0.05, 0) is 55.0 Å². The van der Waals surface area contributed by atoms with Crippen LogP contribution < -0.4 is 10.1 Å². The molecule has 28 nitrogen and oxygen atoms in total. The minimum Gasteiger partial charge on any atom is -0.506 e. The Kier molecular flexibility index (Phi) is 15.3. The monoisotopic (exact) mass is 1040 g/mol. The van der Waals surface area contributed by atoms with Gasteiger partial charge in [0, 0.05) is 16.8 Å². The summed E-state index contributed by atoms with van der Waals surface area (Å²) in [5.41, 5.74) is -3.24. The highest BCUT2D eigenvalue weighted by Gasteiger charge is 2.28. The molecule has 4 aromatic rings. The van der Waals surface area contributed by atoms with Crippen LogP contribution in [0.1, 0.15) is 5.56 Å². The molecule has 0 aromatic heterocycles. The van der Waals surface area contributed by atoms with Crippen LogP contribution in [0.5, 0.6) is 11.5 Å². The number of nitrogens with zero attached hydrogens (tertiary/aromatic N) is 4. The zero-order valence-corrected chi connectivity index (χ0v) is 37.6. The molecule has 0 atom stereocenters. The van der Waals surface area contributed by atoms with Crippen molar-refractivity contribution in [2.75, 3.05) is 43.0 Å². The topological polar surface area (TPSA) is 450 Å². The summed E-state index contributed by atoms with van der Waals surface area (Å²) in [5.74, 6) is -4.77. The number of aryl methyl sites for hydroxylation is 1. The summed E-state index contributed by atoms with van der Waals surface area (Å²) >= 11 is 0. The van der Waals surface area contributed by atoms with Crippen LogP contribution in [0.3, 0.4) is 0 Å². The Morgan fingerprint density at radius 3 is 1.66 bits per heavy atom. The van der Waals surface area contributed by atoms with Gasteiger partial charge in [0.25, 0.3) is 30.4 Å². The number of hydrogen-bond donors (Lipinski definition) is 7. The number of nitrogens with one attached hydrogen (secondary N) is 1. The van der Waals surface area contributed by atoms with E-state index in [0.29, 0.717) is 24.3 Å². The van der Waals surface area contributed by atoms with Gasteiger partial charge in [-0.15, -0.1) is 20.5 Å². The fraction of sp³-hybridized carbons (Fsp3) is 0.241. The highest BCUT2D eigenvalue weighted by atomic mass is 32.3. The predicted molar refractivity (Wildman–Crippen MR) is 217 cm³/mol. The lowest BCUT2D eigenvalue weighted by atomic mass is 10.0. The quantitative estimate of drug-likeness (QED) is 0.0494. The van der Waals surface area contributed by atoms with Crippen LogP contribution in [0, 0.1) is 6.92 Å². The van der Waals surface area contributed by atoms with Gasteiger partial charge in [0.1, 0.15) is 44.2 Å². The van der Waals surface area contributed by atoms with E-state index in [1.807, 2.05) is 0 Å². The minimum atomic E-state index is -5.42. The van der Waals surface area contributed by atoms with Gasteiger partial charge in [-0.25, -0.2) is 25.2 Å². The molecular formula is C29H31N5O23S7. The molecular weight excluding hydrogens is 1010 g/mol. The van der Waals surface area contributed by atoms with Crippen LogP contribution in [-0.2, 0) is 79.2 Å². The average Bonchev–Trinajstić information content (AvgIpc) is 3.13. The molecule has 64 heavy (non-hydrogen) atoms. The van der Waals surface area contributed by atoms with Crippen molar-refractivity contribution in [3.63, 3.8) is 0 Å². The smallest absolute Gasteiger partial charge is 0.397 e. The molecule has 0 aliphatic rings. The normalized spacial score (nSPS) is 13.5. The molecule has 4 aromatic carbocycles. The second-order valence-corrected chi connectivity index (χ2v) is 23.0. The molecule has 0 radical (unpaired) electrons. The standard InChI is InChI=1S/C29H31N5O23S7/c1-16-11-22(23(35)14-24(16)59(38,39)10-8-57-64(52,53)54)32-34-28-26(62(46,47)48)13-19-18(29(28)55-2)4-6-21(30-15-60(40,41)42)27(19)33-31-20-5-3-17(12-25(20)61(43,44)45)58(36,37)9-7-56-63(49,50)51/h3-6,11-14,30,35H,7-10,15H2,1-2H3,(H,40,41,42)(H,43,44,45)(H,46,47,48)(H,49,50,51)(H,52,53,54)/b33-31+,34-32+. The van der Waals surface area contributed by atoms with Crippen molar-refractivity contribution in [1.82, 2.24) is 0 Å². The Morgan fingerprint density at radius 2 is 1.12 bits per heavy atom. The van der Waals surface area contributed by atoms with E-state index < -0.39 is 166 Å². The van der Waals surface area contributed by atoms with Crippen molar-refractivity contribution in [2.45, 2.75) is 26.5 Å². The van der Waals surface area contributed by atoms with E-state index in [0.717, 1.165) is 31.4 Å². The third kappa shape index (κ3) is 13.6. The number of anilines is 1. The van der Waals surface area contributed by atoms with Crippen molar-refractivity contribution in [3.8, 4) is 11.5 Å². The van der Waals surface area contributed by atoms with Crippen LogP contribution in [0.15, 0.2) is 88.6 Å². The fourth-order valence-corrected chi connectivity index (χ4v) is 10.3. The Hall–Kier alpha value is -4.89. The molecule has 4 rings (SSSR count). The predicted octanol–water partition coefficient (Wildman–Crippen LogP) is 2.63. The summed E-state index contributed by atoms with van der Waals surface area (Å²) in [6.45, 7) is -0.898. The van der Waals surface area contributed by atoms with Crippen molar-refractivity contribution in [2.24, 2.45) is 20.5 Å². The van der Waals surface area contributed by atoms with Crippen molar-refractivity contribution in [1.29, 1.82) is 0 Å². The summed E-state index contributed by atoms with van der Waals surface area (Å²) in [5, 5.41) is 27.5. The van der Waals surface area contributed by atoms with Gasteiger partial charge < -0.3 is 15.2 Å². The Balaban J connectivity index is 1.94. The van der Waals surface area contributed by atoms with E-state index in [4.69, 9.17) is 13.8 Å². The van der Waals surface area contributed by atoms with Crippen molar-refractivity contribution < 1.29 is 99.9 Å². The largest absolute Gasteiger partial charge is 0.506 e. The molecule has 0 aliphatic heterocycles. The minimum absolute atomic E-state index is 0.113. The van der Waals surface area contributed by atoms with Gasteiger partial charge in [0.15, 0.2) is 25.4 Å². The summed E-state index contributed by atoms with van der Waals surface area (Å²) in [7, 11) is -33.7. The third-order valence-corrected chi connectivity index (χ3v) is 14.7. The van der Waals surface area contributed by atoms with Crippen LogP contribution in [0.4, 0.5) is 28.4 Å². The number of phenolic OH excluding ortho intramolecular Hbond substituents is 1. The molecule has 0 saturated carbocycles. The molecule has 7 N–H and O–H groups in total. The first-order valence-electron chi connectivity index (χ1n) is 16.5. The van der Waals surface area contributed by atoms with Gasteiger partial charge in [-0.1, -0.05) is 0 Å². The second kappa shape index (κ2) is 18.9. The Morgan fingerprint density at radius 1 is 0.578 bits per heavy atom. The maximum atomic E-state index is 12.9. The number of azo groups is 2. The Bertz CT molecular complexity index is 3400. The number of sulfone groups is 2. The maximum absolute atomic E-state index is 12.9. The molecule has 0 spiro atoms. The lowest BCUT2D eigenvalue weighted by molar-refractivity contribution is 0.282. The zero-order chi connectivity index (χ0) is 48.4. The van der Waals surface area contributed by atoms with Crippen LogP contribution in [0.2, 0.25) is 0 Å². The molecule has 0 heterocycles. The SMILES string of the molecule is COc1c(/N=N/c2cc(C)c(S(=O)(=O)CCOS(=O)(=O)O)cc2O)c(S(=O)(=O)O)cc2c(/N=N/c3ccc(S(=O)(=O)CCOS(=O)(=O)O)cc3S(=O)(=O)O)c(NCS(=O)(=O)O)ccc12. The Labute approximate surface area is 363 Å². The average molecular weight is 1040 g/mol. The number of fused-ring (bicyclic) bond motifs is 1. The first kappa shape index (κ1) is 51.7. The van der Waals surface area contributed by atoms with Crippen LogP contribution in [0.25, 0.3) is 10.8 Å². The molecule has 0 saturated heterocycles. The summed E-state index contributed by atoms with van der Waals surface area (Å²) in [6.07, 6.45) is 0. The van der Waals surface area contributed by atoms with Gasteiger partial charge in [-0.2, -0.15) is 42.1 Å². The number of methoxy groups -OCH3 is 1. The first-order valence-corrected chi connectivity index (χ1v) is 27.0. The number of benzene rings is 4. The lowest BCUT2D eigenvalue weighted by Crippen LogP contribution is -2.16. The van der Waals surface area contributed by atoms with Gasteiger partial charge in [-0.3, -0.25) is 22.8 Å². The van der Waals surface area contributed by atoms with Gasteiger partial charge >= 0.3 is 20.8 Å². The molecule has 35 heteroatoms. The molecule has 0 aliphatic carbocycles. The number of hydrogen-bond acceptors (Lipinski definition) is 23. The van der Waals surface area contributed by atoms with E-state index in [1.165, 1.54) is 6.92 Å². The summed E-state index contributed by atoms with van der Waals surface area (Å²) in [4.78, 5) is -3.74. The number of ether oxygens (including phenoxy) is 1. The first-order chi connectivity index (χ1) is 29.1. The van der Waals surface area contributed by atoms with E-state index in [2.05, 4.69) is 34.1 Å². The lowest BCUT2D eigenvalue weighted by Gasteiger charge is -2.16. The number of rotatable bonds is 20. The molecule has 352 valence electrons. The molecule has 0 bridgehead atoms. The summed E-state index contributed by atoms with van der Waals surface area (Å²) < 4.78 is 229. The summed E-state index contributed by atoms with van der Waals surface area (Å²) in [6, 6.07) is 6.32. The zero-order valence-electron chi connectivity index (χ0n) is 31.9. The van der Waals surface area contributed by atoms with E-state index in [1.54, 1.807) is 0 Å². The van der Waals surface area contributed by atoms with Crippen molar-refractivity contribution >= 4 is 110 Å². The number of phenols is 1. The highest BCUT2D eigenvalue weighted by Crippen LogP contribution is 2.48. The van der Waals surface area contributed by atoms with Crippen LogP contribution >= 0.6 is 0 Å². The van der Waals surface area contributed by atoms with E-state index in [9.17, 15) is 77.7 Å². The van der Waals surface area contributed by atoms with E-state index >= 15 is 0 Å². The third-order valence-electron chi connectivity index (χ3n) is 7.97. The molecule has 0 fully saturated rings. The molecule has 0 amide bonds. The fourth-order valence-electron chi connectivity index (χ4n) is 5.30. The second-order valence-electron chi connectivity index (χ2n) is 12.4. The van der Waals surface area contributed by atoms with E-state index in [-0.39, 0.29) is 10.9 Å². The maximum Gasteiger partial charge on any atom is 0.397 e. The van der Waals surface area contributed by atoms with Gasteiger partial charge in [0.2, 0.25) is 0 Å². The number of aromatic hydroxyl groups is 1.